The van der Waals surface area contributed by atoms with Crippen LogP contribution in [0.4, 0.5) is 0 Å². The molecule has 3 aliphatic heterocycles. The molecule has 0 aliphatic carbocycles. The quantitative estimate of drug-likeness (QED) is 0.713. The Bertz CT molecular complexity index is 1200. The highest BCUT2D eigenvalue weighted by Gasteiger charge is 2.47. The molecule has 1 saturated heterocycles. The van der Waals surface area contributed by atoms with Gasteiger partial charge in [-0.25, -0.2) is 0 Å². The van der Waals surface area contributed by atoms with E-state index in [9.17, 15) is 9.59 Å². The fourth-order valence-corrected chi connectivity index (χ4v) is 5.10. The number of nitrogens with zero attached hydrogens (tertiary/aromatic N) is 2. The molecular formula is C23H21N3O4. The van der Waals surface area contributed by atoms with Crippen molar-refractivity contribution in [2.24, 2.45) is 0 Å². The normalized spacial score (nSPS) is 22.4. The van der Waals surface area contributed by atoms with Crippen LogP contribution in [0.5, 0.6) is 11.5 Å². The summed E-state index contributed by atoms with van der Waals surface area (Å²) in [6.07, 6.45) is 1.07. The van der Waals surface area contributed by atoms with E-state index in [1.807, 2.05) is 36.4 Å². The monoisotopic (exact) mass is 403 g/mol. The number of piperazine rings is 1. The van der Waals surface area contributed by atoms with E-state index in [4.69, 9.17) is 9.47 Å². The van der Waals surface area contributed by atoms with Gasteiger partial charge in [0.15, 0.2) is 11.5 Å². The Morgan fingerprint density at radius 1 is 1.10 bits per heavy atom. The van der Waals surface area contributed by atoms with Crippen LogP contribution in [-0.4, -0.2) is 53.0 Å². The summed E-state index contributed by atoms with van der Waals surface area (Å²) in [6.45, 7) is 0.303. The Kier molecular flexibility index (Phi) is 3.63. The molecule has 2 atom stereocenters. The van der Waals surface area contributed by atoms with Crippen molar-refractivity contribution in [3.8, 4) is 11.5 Å². The zero-order chi connectivity index (χ0) is 20.4. The number of hydrogen-bond donors (Lipinski definition) is 1. The standard InChI is InChI=1S/C23H21N3O4/c1-25-11-20(27)26-17(9-13-5-4-8-19-22(13)30-12-29-19)21-15(10-18(26)23(25)28)14-6-2-3-7-16(14)24-21/h2-8,17-18,24H,9-12H2,1H3/t17-,18-/m1/s1. The van der Waals surface area contributed by atoms with E-state index >= 15 is 0 Å². The maximum absolute atomic E-state index is 13.1. The van der Waals surface area contributed by atoms with Gasteiger partial charge < -0.3 is 24.3 Å². The lowest BCUT2D eigenvalue weighted by Crippen LogP contribution is -2.62. The summed E-state index contributed by atoms with van der Waals surface area (Å²) >= 11 is 0. The smallest absolute Gasteiger partial charge is 0.245 e. The molecule has 0 radical (unpaired) electrons. The van der Waals surface area contributed by atoms with Gasteiger partial charge in [-0.15, -0.1) is 0 Å². The first kappa shape index (κ1) is 17.4. The van der Waals surface area contributed by atoms with E-state index in [1.165, 1.54) is 4.90 Å². The number of fused-ring (bicyclic) bond motifs is 5. The minimum atomic E-state index is -0.484. The van der Waals surface area contributed by atoms with Crippen molar-refractivity contribution in [3.05, 3.63) is 59.3 Å². The highest BCUT2D eigenvalue weighted by atomic mass is 16.7. The third-order valence-electron chi connectivity index (χ3n) is 6.46. The minimum absolute atomic E-state index is 0.00611. The van der Waals surface area contributed by atoms with E-state index < -0.39 is 6.04 Å². The molecule has 1 fully saturated rings. The van der Waals surface area contributed by atoms with E-state index in [0.29, 0.717) is 12.8 Å². The lowest BCUT2D eigenvalue weighted by molar-refractivity contribution is -0.158. The predicted octanol–water partition coefficient (Wildman–Crippen LogP) is 2.41. The van der Waals surface area contributed by atoms with Crippen molar-refractivity contribution in [3.63, 3.8) is 0 Å². The third-order valence-corrected chi connectivity index (χ3v) is 6.46. The SMILES string of the molecule is CN1CC(=O)N2[C@H](Cc3c([nH]c4ccccc34)[C@H]2Cc2cccc3c2OCO3)C1=O. The summed E-state index contributed by atoms with van der Waals surface area (Å²) in [6, 6.07) is 13.2. The van der Waals surface area contributed by atoms with Crippen molar-refractivity contribution in [2.45, 2.75) is 24.9 Å². The van der Waals surface area contributed by atoms with Crippen LogP contribution >= 0.6 is 0 Å². The van der Waals surface area contributed by atoms with Gasteiger partial charge in [0.05, 0.1) is 12.6 Å². The molecule has 1 N–H and O–H groups in total. The molecule has 0 unspecified atom stereocenters. The molecule has 0 bridgehead atoms. The zero-order valence-corrected chi connectivity index (χ0v) is 16.6. The van der Waals surface area contributed by atoms with Crippen LogP contribution in [-0.2, 0) is 22.4 Å². The first-order chi connectivity index (χ1) is 14.6. The number of carbonyl (C=O) groups is 2. The lowest BCUT2D eigenvalue weighted by Gasteiger charge is -2.46. The molecule has 4 heterocycles. The van der Waals surface area contributed by atoms with Gasteiger partial charge in [0.1, 0.15) is 6.04 Å². The highest BCUT2D eigenvalue weighted by molar-refractivity contribution is 5.97. The molecule has 3 aromatic rings. The van der Waals surface area contributed by atoms with Crippen molar-refractivity contribution < 1.29 is 19.1 Å². The molecule has 7 heteroatoms. The van der Waals surface area contributed by atoms with Gasteiger partial charge in [-0.05, 0) is 17.7 Å². The third kappa shape index (κ3) is 2.38. The van der Waals surface area contributed by atoms with Crippen LogP contribution < -0.4 is 9.47 Å². The molecule has 30 heavy (non-hydrogen) atoms. The topological polar surface area (TPSA) is 74.9 Å². The number of rotatable bonds is 2. The lowest BCUT2D eigenvalue weighted by atomic mass is 9.86. The predicted molar refractivity (Wildman–Crippen MR) is 109 cm³/mol. The summed E-state index contributed by atoms with van der Waals surface area (Å²) in [7, 11) is 1.70. The van der Waals surface area contributed by atoms with Crippen LogP contribution in [0.3, 0.4) is 0 Å². The summed E-state index contributed by atoms with van der Waals surface area (Å²) in [4.78, 5) is 33.0. The van der Waals surface area contributed by atoms with Crippen molar-refractivity contribution in [1.82, 2.24) is 14.8 Å². The Labute approximate surface area is 173 Å². The molecule has 0 saturated carbocycles. The maximum Gasteiger partial charge on any atom is 0.245 e. The number of carbonyl (C=O) groups excluding carboxylic acids is 2. The van der Waals surface area contributed by atoms with Crippen LogP contribution in [0, 0.1) is 0 Å². The first-order valence-electron chi connectivity index (χ1n) is 10.1. The molecule has 3 aliphatic rings. The second-order valence-electron chi connectivity index (χ2n) is 8.15. The average molecular weight is 403 g/mol. The molecule has 152 valence electrons. The van der Waals surface area contributed by atoms with Crippen LogP contribution in [0.15, 0.2) is 42.5 Å². The number of para-hydroxylation sites is 2. The van der Waals surface area contributed by atoms with E-state index in [0.717, 1.165) is 39.2 Å². The number of nitrogens with one attached hydrogen (secondary N) is 1. The van der Waals surface area contributed by atoms with E-state index in [1.54, 1.807) is 11.9 Å². The van der Waals surface area contributed by atoms with Crippen molar-refractivity contribution in [2.75, 3.05) is 20.4 Å². The number of H-pyrrole nitrogens is 1. The first-order valence-corrected chi connectivity index (χ1v) is 10.1. The molecule has 6 rings (SSSR count). The molecule has 1 aromatic heterocycles. The van der Waals surface area contributed by atoms with Gasteiger partial charge in [-0.2, -0.15) is 0 Å². The Morgan fingerprint density at radius 2 is 1.97 bits per heavy atom. The van der Waals surface area contributed by atoms with Gasteiger partial charge in [0, 0.05) is 42.0 Å². The fourth-order valence-electron chi connectivity index (χ4n) is 5.10. The Hall–Kier alpha value is -3.48. The van der Waals surface area contributed by atoms with Crippen molar-refractivity contribution >= 4 is 22.7 Å². The van der Waals surface area contributed by atoms with Crippen LogP contribution in [0.2, 0.25) is 0 Å². The number of benzene rings is 2. The number of aromatic nitrogens is 1. The molecule has 2 aromatic carbocycles. The van der Waals surface area contributed by atoms with Crippen molar-refractivity contribution in [1.29, 1.82) is 0 Å². The Morgan fingerprint density at radius 3 is 2.87 bits per heavy atom. The molecule has 7 nitrogen and oxygen atoms in total. The van der Waals surface area contributed by atoms with Gasteiger partial charge >= 0.3 is 0 Å². The van der Waals surface area contributed by atoms with E-state index in [-0.39, 0.29) is 31.2 Å². The number of likely N-dealkylation sites (N-methyl/N-ethyl adjacent to an activating group) is 1. The molecule has 2 amide bonds. The van der Waals surface area contributed by atoms with Crippen LogP contribution in [0.1, 0.15) is 22.9 Å². The highest BCUT2D eigenvalue weighted by Crippen LogP contribution is 2.43. The summed E-state index contributed by atoms with van der Waals surface area (Å²) in [5.41, 5.74) is 4.13. The number of aromatic amines is 1. The average Bonchev–Trinajstić information content (AvgIpc) is 3.37. The summed E-state index contributed by atoms with van der Waals surface area (Å²) in [5.74, 6) is 1.41. The van der Waals surface area contributed by atoms with Crippen LogP contribution in [0.25, 0.3) is 10.9 Å². The zero-order valence-electron chi connectivity index (χ0n) is 16.6. The maximum atomic E-state index is 13.1. The summed E-state index contributed by atoms with van der Waals surface area (Å²) < 4.78 is 11.2. The fraction of sp³-hybridized carbons (Fsp3) is 0.304. The Balaban J connectivity index is 1.52. The second-order valence-corrected chi connectivity index (χ2v) is 8.15. The molecular weight excluding hydrogens is 382 g/mol. The van der Waals surface area contributed by atoms with Gasteiger partial charge in [0.25, 0.3) is 0 Å². The van der Waals surface area contributed by atoms with E-state index in [2.05, 4.69) is 11.1 Å². The second kappa shape index (κ2) is 6.26. The molecule has 0 spiro atoms. The minimum Gasteiger partial charge on any atom is -0.454 e. The van der Waals surface area contributed by atoms with Gasteiger partial charge in [0.2, 0.25) is 18.6 Å². The largest absolute Gasteiger partial charge is 0.454 e. The summed E-state index contributed by atoms with van der Waals surface area (Å²) in [5, 5.41) is 1.11. The number of hydrogen-bond acceptors (Lipinski definition) is 4. The number of ether oxygens (including phenoxy) is 2. The van der Waals surface area contributed by atoms with Gasteiger partial charge in [-0.1, -0.05) is 30.3 Å². The van der Waals surface area contributed by atoms with Gasteiger partial charge in [-0.3, -0.25) is 9.59 Å². The number of amides is 2.